The van der Waals surface area contributed by atoms with E-state index in [1.807, 2.05) is 0 Å². The summed E-state index contributed by atoms with van der Waals surface area (Å²) in [6.45, 7) is 0. The van der Waals surface area contributed by atoms with Gasteiger partial charge in [0.1, 0.15) is 0 Å². The van der Waals surface area contributed by atoms with Crippen LogP contribution in [0.4, 0.5) is 22.0 Å². The lowest BCUT2D eigenvalue weighted by Gasteiger charge is -2.11. The third-order valence-corrected chi connectivity index (χ3v) is 11.7. The van der Waals surface area contributed by atoms with Gasteiger partial charge in [-0.1, -0.05) is 87.8 Å². The van der Waals surface area contributed by atoms with Crippen molar-refractivity contribution >= 4 is 116 Å². The third-order valence-electron chi connectivity index (χ3n) is 9.85. The molecule has 0 radical (unpaired) electrons. The van der Waals surface area contributed by atoms with Crippen LogP contribution in [0.25, 0.3) is 90.9 Å². The number of benzene rings is 4. The molecule has 0 saturated carbocycles. The van der Waals surface area contributed by atoms with Crippen molar-refractivity contribution in [2.24, 2.45) is 0 Å². The van der Waals surface area contributed by atoms with E-state index < -0.39 is 40.2 Å². The van der Waals surface area contributed by atoms with E-state index in [0.717, 1.165) is 0 Å². The van der Waals surface area contributed by atoms with E-state index in [-0.39, 0.29) is 42.5 Å². The number of halogens is 11. The second-order valence-electron chi connectivity index (χ2n) is 13.2. The van der Waals surface area contributed by atoms with Gasteiger partial charge in [-0.05, 0) is 85.0 Å². The summed E-state index contributed by atoms with van der Waals surface area (Å²) in [5.41, 5.74) is 2.43. The van der Waals surface area contributed by atoms with E-state index in [0.29, 0.717) is 65.8 Å². The fraction of sp³-hybridized carbons (Fsp3) is 0. The number of aromatic nitrogens is 4. The van der Waals surface area contributed by atoms with E-state index in [1.165, 1.54) is 18.2 Å². The third kappa shape index (κ3) is 6.52. The van der Waals surface area contributed by atoms with Gasteiger partial charge in [-0.3, -0.25) is 0 Å². The quantitative estimate of drug-likeness (QED) is 0.105. The number of nitrogens with zero attached hydrogens (tertiary/aromatic N) is 2. The van der Waals surface area contributed by atoms with E-state index in [9.17, 15) is 4.39 Å². The second-order valence-corrected chi connectivity index (χ2v) is 15.7. The summed E-state index contributed by atoms with van der Waals surface area (Å²) < 4.78 is 76.4. The predicted molar refractivity (Wildman–Crippen MR) is 230 cm³/mol. The lowest BCUT2D eigenvalue weighted by Crippen LogP contribution is -2.05. The maximum absolute atomic E-state index is 15.9. The van der Waals surface area contributed by atoms with Crippen LogP contribution in [-0.2, 0) is 0 Å². The molecule has 0 spiro atoms. The Morgan fingerprint density at radius 3 is 0.814 bits per heavy atom. The number of hydrogen-bond acceptors (Lipinski definition) is 2. The van der Waals surface area contributed by atoms with Crippen LogP contribution in [0.5, 0.6) is 0 Å². The van der Waals surface area contributed by atoms with Gasteiger partial charge in [0.15, 0.2) is 23.3 Å². The van der Waals surface area contributed by atoms with Crippen LogP contribution in [0.1, 0.15) is 22.8 Å². The zero-order valence-electron chi connectivity index (χ0n) is 29.4. The minimum atomic E-state index is -2.32. The van der Waals surface area contributed by atoms with Crippen molar-refractivity contribution in [2.75, 3.05) is 0 Å². The Kier molecular flexibility index (Phi) is 10.1. The van der Waals surface area contributed by atoms with Gasteiger partial charge in [0.2, 0.25) is 5.82 Å². The minimum Gasteiger partial charge on any atom is -0.354 e. The molecule has 0 aliphatic carbocycles. The number of H-pyrrole nitrogens is 2. The van der Waals surface area contributed by atoms with E-state index in [1.54, 1.807) is 84.9 Å². The highest BCUT2D eigenvalue weighted by atomic mass is 35.5. The zero-order valence-corrected chi connectivity index (χ0v) is 33.9. The number of hydrogen-bond donors (Lipinski definition) is 2. The topological polar surface area (TPSA) is 57.4 Å². The number of aromatic amines is 2. The molecule has 0 unspecified atom stereocenters. The highest BCUT2D eigenvalue weighted by Crippen LogP contribution is 2.46. The van der Waals surface area contributed by atoms with Crippen molar-refractivity contribution in [3.8, 4) is 44.5 Å². The largest absolute Gasteiger partial charge is 0.354 e. The Bertz CT molecular complexity index is 3070. The summed E-state index contributed by atoms with van der Waals surface area (Å²) >= 11 is 41.0. The van der Waals surface area contributed by atoms with Gasteiger partial charge in [-0.15, -0.1) is 0 Å². The van der Waals surface area contributed by atoms with Crippen molar-refractivity contribution in [1.29, 1.82) is 0 Å². The smallest absolute Gasteiger partial charge is 0.200 e. The number of rotatable bonds is 4. The van der Waals surface area contributed by atoms with Gasteiger partial charge in [0.25, 0.3) is 0 Å². The predicted octanol–water partition coefficient (Wildman–Crippen LogP) is 15.9. The Balaban J connectivity index is 1.56. The van der Waals surface area contributed by atoms with Crippen LogP contribution in [0, 0.1) is 29.1 Å². The van der Waals surface area contributed by atoms with Crippen molar-refractivity contribution < 1.29 is 22.0 Å². The fourth-order valence-electron chi connectivity index (χ4n) is 7.29. The first kappa shape index (κ1) is 39.3. The van der Waals surface area contributed by atoms with Gasteiger partial charge in [-0.2, -0.15) is 0 Å². The molecule has 8 bridgehead atoms. The number of nitrogens with one attached hydrogen (secondary N) is 2. The van der Waals surface area contributed by atoms with Crippen molar-refractivity contribution in [2.45, 2.75) is 0 Å². The summed E-state index contributed by atoms with van der Waals surface area (Å²) in [4.78, 5) is 16.4. The Morgan fingerprint density at radius 2 is 0.542 bits per heavy atom. The molecule has 0 atom stereocenters. The van der Waals surface area contributed by atoms with E-state index in [4.69, 9.17) is 79.6 Å². The summed E-state index contributed by atoms with van der Waals surface area (Å²) in [5.74, 6) is -10.7. The lowest BCUT2D eigenvalue weighted by atomic mass is 10.0. The van der Waals surface area contributed by atoms with E-state index in [2.05, 4.69) is 9.97 Å². The van der Waals surface area contributed by atoms with Crippen LogP contribution in [0.2, 0.25) is 30.1 Å². The Hall–Kier alpha value is -5.13. The van der Waals surface area contributed by atoms with Gasteiger partial charge in [-0.25, -0.2) is 31.9 Å². The summed E-state index contributed by atoms with van der Waals surface area (Å²) in [6.07, 6.45) is 6.35. The SMILES string of the molecule is Fc1c(F)c(F)c(-c2c3nc(c(-c4c(Cl)cccc4Cl)c4ccc([nH]4)c(-c4c(Cl)cccc4Cl)c4nc(c(-c5c(Cl)cccc5Cl)c5ccc2[nH]5)C=C4)C=C3)c(F)c1F. The normalized spacial score (nSPS) is 12.2. The minimum absolute atomic E-state index is 0.0815. The molecule has 2 N–H and O–H groups in total. The maximum atomic E-state index is 15.9. The van der Waals surface area contributed by atoms with Crippen molar-refractivity contribution in [3.63, 3.8) is 0 Å². The van der Waals surface area contributed by atoms with Gasteiger partial charge in [0.05, 0.1) is 58.5 Å². The molecule has 0 saturated heterocycles. The summed E-state index contributed by atoms with van der Waals surface area (Å²) in [7, 11) is 0. The Morgan fingerprint density at radius 1 is 0.305 bits per heavy atom. The molecule has 59 heavy (non-hydrogen) atoms. The van der Waals surface area contributed by atoms with Crippen LogP contribution >= 0.6 is 69.6 Å². The molecule has 4 nitrogen and oxygen atoms in total. The molecule has 2 aliphatic heterocycles. The molecular weight excluding hydrogens is 892 g/mol. The van der Waals surface area contributed by atoms with Crippen LogP contribution in [0.3, 0.4) is 0 Å². The summed E-state index contributed by atoms with van der Waals surface area (Å²) in [5, 5.41) is 1.55. The maximum Gasteiger partial charge on any atom is 0.200 e. The van der Waals surface area contributed by atoms with Crippen molar-refractivity contribution in [1.82, 2.24) is 19.9 Å². The first-order valence-corrected chi connectivity index (χ1v) is 19.6. The molecular formula is C44H19Cl6F5N4. The first-order valence-electron chi connectivity index (χ1n) is 17.3. The average molecular weight is 911 g/mol. The summed E-state index contributed by atoms with van der Waals surface area (Å²) in [6, 6.07) is 21.3. The average Bonchev–Trinajstić information content (AvgIpc) is 4.05. The van der Waals surface area contributed by atoms with Crippen LogP contribution in [0.15, 0.2) is 78.9 Å². The molecule has 7 aromatic rings. The fourth-order valence-corrected chi connectivity index (χ4v) is 9.05. The number of fused-ring (bicyclic) bond motifs is 8. The molecule has 15 heteroatoms. The second kappa shape index (κ2) is 15.2. The van der Waals surface area contributed by atoms with Crippen LogP contribution in [-0.4, -0.2) is 19.9 Å². The highest BCUT2D eigenvalue weighted by molar-refractivity contribution is 6.41. The van der Waals surface area contributed by atoms with Crippen molar-refractivity contribution in [3.05, 3.63) is 161 Å². The molecule has 2 aliphatic rings. The monoisotopic (exact) mass is 908 g/mol. The molecule has 292 valence electrons. The molecule has 0 amide bonds. The molecule has 4 aromatic carbocycles. The Labute approximate surface area is 361 Å². The van der Waals surface area contributed by atoms with Gasteiger partial charge >= 0.3 is 0 Å². The molecule has 5 heterocycles. The highest BCUT2D eigenvalue weighted by Gasteiger charge is 2.30. The standard InChI is InChI=1S/C44H19Cl6F5N4/c45-18-4-1-5-19(46)32(18)35-24-10-12-26(56-24)36(33-20(47)6-2-7-21(33)48)28-14-16-30(58-28)38(39-40(51)42(53)44(55)43(54)41(39)52)31-17-15-29(59-31)37(27-13-11-25(35)57-27)34-22(49)8-3-9-23(34)50/h1-17,56,59H. The first-order chi connectivity index (χ1) is 28.3. The van der Waals surface area contributed by atoms with Gasteiger partial charge < -0.3 is 9.97 Å². The van der Waals surface area contributed by atoms with Gasteiger partial charge in [0, 0.05) is 61.0 Å². The molecule has 0 fully saturated rings. The molecule has 3 aromatic heterocycles. The zero-order chi connectivity index (χ0) is 41.4. The molecule has 9 rings (SSSR count). The van der Waals surface area contributed by atoms with Crippen LogP contribution < -0.4 is 0 Å². The lowest BCUT2D eigenvalue weighted by molar-refractivity contribution is 0.381. The van der Waals surface area contributed by atoms with E-state index >= 15 is 17.6 Å².